The van der Waals surface area contributed by atoms with Crippen molar-refractivity contribution in [2.24, 2.45) is 0 Å². The Balaban J connectivity index is 1.46. The first-order valence-corrected chi connectivity index (χ1v) is 10.7. The van der Waals surface area contributed by atoms with Gasteiger partial charge in [-0.15, -0.1) is 0 Å². The third-order valence-electron chi connectivity index (χ3n) is 5.05. The minimum absolute atomic E-state index is 0.136. The van der Waals surface area contributed by atoms with E-state index in [-0.39, 0.29) is 24.3 Å². The Morgan fingerprint density at radius 1 is 1.13 bits per heavy atom. The molecule has 7 heteroatoms. The minimum Gasteiger partial charge on any atom is -0.494 e. The quantitative estimate of drug-likeness (QED) is 0.574. The van der Waals surface area contributed by atoms with Crippen molar-refractivity contribution >= 4 is 23.4 Å². The van der Waals surface area contributed by atoms with Crippen molar-refractivity contribution in [3.63, 3.8) is 0 Å². The molecule has 0 saturated carbocycles. The smallest absolute Gasteiger partial charge is 0.251 e. The van der Waals surface area contributed by atoms with Crippen LogP contribution in [0.2, 0.25) is 0 Å². The maximum atomic E-state index is 12.3. The first-order valence-electron chi connectivity index (χ1n) is 10.7. The molecule has 1 fully saturated rings. The Hall–Kier alpha value is -3.35. The molecule has 1 aliphatic heterocycles. The van der Waals surface area contributed by atoms with Crippen molar-refractivity contribution < 1.29 is 19.1 Å². The predicted molar refractivity (Wildman–Crippen MR) is 119 cm³/mol. The normalized spacial score (nSPS) is 13.2. The molecule has 1 heterocycles. The third kappa shape index (κ3) is 6.84. The fourth-order valence-corrected chi connectivity index (χ4v) is 3.34. The van der Waals surface area contributed by atoms with Gasteiger partial charge < -0.3 is 20.3 Å². The minimum atomic E-state index is -0.323. The zero-order valence-electron chi connectivity index (χ0n) is 17.9. The van der Waals surface area contributed by atoms with Gasteiger partial charge in [-0.05, 0) is 54.8 Å². The van der Waals surface area contributed by atoms with E-state index in [9.17, 15) is 14.4 Å². The highest BCUT2D eigenvalue weighted by atomic mass is 16.5. The zero-order valence-corrected chi connectivity index (χ0v) is 17.9. The van der Waals surface area contributed by atoms with Crippen LogP contribution in [-0.4, -0.2) is 42.3 Å². The predicted octanol–water partition coefficient (Wildman–Crippen LogP) is 3.36. The van der Waals surface area contributed by atoms with Crippen molar-refractivity contribution in [2.45, 2.75) is 39.2 Å². The first-order chi connectivity index (χ1) is 15.0. The fraction of sp³-hybridized carbons (Fsp3) is 0.375. The standard InChI is InChI=1S/C24H29N3O4/c1-2-3-14-31-21-11-9-19(10-12-21)24(30)25-16-22(28)26-20-7-4-6-18(15-20)17-27-13-5-8-23(27)29/h4,6-7,9-12,15H,2-3,5,8,13-14,16-17H2,1H3,(H,25,30)(H,26,28). The van der Waals surface area contributed by atoms with Crippen molar-refractivity contribution in [1.82, 2.24) is 10.2 Å². The van der Waals surface area contributed by atoms with E-state index in [1.165, 1.54) is 0 Å². The Labute approximate surface area is 182 Å². The average molecular weight is 424 g/mol. The SMILES string of the molecule is CCCCOc1ccc(C(=O)NCC(=O)Nc2cccc(CN3CCCC3=O)c2)cc1. The molecule has 2 N–H and O–H groups in total. The van der Waals surface area contributed by atoms with Crippen LogP contribution < -0.4 is 15.4 Å². The maximum absolute atomic E-state index is 12.3. The van der Waals surface area contributed by atoms with Gasteiger partial charge in [-0.3, -0.25) is 14.4 Å². The second-order valence-electron chi connectivity index (χ2n) is 7.58. The van der Waals surface area contributed by atoms with E-state index in [0.29, 0.717) is 30.8 Å². The molecule has 0 spiro atoms. The molecule has 0 bridgehead atoms. The van der Waals surface area contributed by atoms with E-state index in [1.54, 1.807) is 30.3 Å². The average Bonchev–Trinajstić information content (AvgIpc) is 3.17. The van der Waals surface area contributed by atoms with Gasteiger partial charge in [0, 0.05) is 30.8 Å². The lowest BCUT2D eigenvalue weighted by atomic mass is 10.2. The number of rotatable bonds is 10. The lowest BCUT2D eigenvalue weighted by Gasteiger charge is -2.16. The van der Waals surface area contributed by atoms with Gasteiger partial charge in [0.25, 0.3) is 5.91 Å². The number of unbranched alkanes of at least 4 members (excludes halogenated alkanes) is 1. The van der Waals surface area contributed by atoms with E-state index in [0.717, 1.165) is 37.1 Å². The number of nitrogens with zero attached hydrogens (tertiary/aromatic N) is 1. The number of benzene rings is 2. The largest absolute Gasteiger partial charge is 0.494 e. The van der Waals surface area contributed by atoms with Crippen LogP contribution in [0.15, 0.2) is 48.5 Å². The number of amides is 3. The first kappa shape index (κ1) is 22.3. The van der Waals surface area contributed by atoms with Gasteiger partial charge in [-0.2, -0.15) is 0 Å². The van der Waals surface area contributed by atoms with Gasteiger partial charge >= 0.3 is 0 Å². The van der Waals surface area contributed by atoms with Crippen LogP contribution in [0.25, 0.3) is 0 Å². The second kappa shape index (κ2) is 11.2. The number of ether oxygens (including phenoxy) is 1. The van der Waals surface area contributed by atoms with Gasteiger partial charge in [0.05, 0.1) is 13.2 Å². The van der Waals surface area contributed by atoms with Crippen molar-refractivity contribution in [3.05, 3.63) is 59.7 Å². The number of likely N-dealkylation sites (tertiary alicyclic amines) is 1. The number of nitrogens with one attached hydrogen (secondary N) is 2. The van der Waals surface area contributed by atoms with Crippen LogP contribution in [0.1, 0.15) is 48.5 Å². The van der Waals surface area contributed by atoms with Crippen LogP contribution >= 0.6 is 0 Å². The van der Waals surface area contributed by atoms with Crippen LogP contribution in [0, 0.1) is 0 Å². The van der Waals surface area contributed by atoms with E-state index in [2.05, 4.69) is 17.6 Å². The topological polar surface area (TPSA) is 87.7 Å². The zero-order chi connectivity index (χ0) is 22.1. The summed E-state index contributed by atoms with van der Waals surface area (Å²) in [6.07, 6.45) is 3.54. The van der Waals surface area contributed by atoms with Crippen molar-refractivity contribution in [2.75, 3.05) is 25.0 Å². The molecule has 2 aromatic rings. The maximum Gasteiger partial charge on any atom is 0.251 e. The van der Waals surface area contributed by atoms with Crippen LogP contribution in [0.5, 0.6) is 5.75 Å². The molecule has 31 heavy (non-hydrogen) atoms. The number of hydrogen-bond acceptors (Lipinski definition) is 4. The molecule has 3 amide bonds. The molecule has 0 radical (unpaired) electrons. The summed E-state index contributed by atoms with van der Waals surface area (Å²) in [5.74, 6) is 0.245. The summed E-state index contributed by atoms with van der Waals surface area (Å²) in [4.78, 5) is 38.1. The number of hydrogen-bond donors (Lipinski definition) is 2. The Morgan fingerprint density at radius 3 is 2.65 bits per heavy atom. The fourth-order valence-electron chi connectivity index (χ4n) is 3.34. The van der Waals surface area contributed by atoms with Gasteiger partial charge in [0.15, 0.2) is 0 Å². The van der Waals surface area contributed by atoms with Gasteiger partial charge in [-0.25, -0.2) is 0 Å². The summed E-state index contributed by atoms with van der Waals surface area (Å²) in [6, 6.07) is 14.3. The highest BCUT2D eigenvalue weighted by Gasteiger charge is 2.20. The molecule has 1 aliphatic rings. The molecule has 3 rings (SSSR count). The molecular weight excluding hydrogens is 394 g/mol. The second-order valence-corrected chi connectivity index (χ2v) is 7.58. The lowest BCUT2D eigenvalue weighted by Crippen LogP contribution is -2.32. The highest BCUT2D eigenvalue weighted by Crippen LogP contribution is 2.17. The number of carbonyl (C=O) groups is 3. The summed E-state index contributed by atoms with van der Waals surface area (Å²) in [5.41, 5.74) is 2.06. The summed E-state index contributed by atoms with van der Waals surface area (Å²) >= 11 is 0. The summed E-state index contributed by atoms with van der Waals surface area (Å²) in [6.45, 7) is 3.92. The Bertz CT molecular complexity index is 911. The summed E-state index contributed by atoms with van der Waals surface area (Å²) in [5, 5.41) is 5.41. The number of carbonyl (C=O) groups excluding carboxylic acids is 3. The molecule has 164 valence electrons. The lowest BCUT2D eigenvalue weighted by molar-refractivity contribution is -0.128. The molecule has 0 atom stereocenters. The number of anilines is 1. The van der Waals surface area contributed by atoms with Gasteiger partial charge in [0.2, 0.25) is 11.8 Å². The van der Waals surface area contributed by atoms with Crippen LogP contribution in [0.4, 0.5) is 5.69 Å². The summed E-state index contributed by atoms with van der Waals surface area (Å²) in [7, 11) is 0. The van der Waals surface area contributed by atoms with E-state index in [1.807, 2.05) is 23.1 Å². The molecular formula is C24H29N3O4. The van der Waals surface area contributed by atoms with Crippen molar-refractivity contribution in [1.29, 1.82) is 0 Å². The Kier molecular flexibility index (Phi) is 8.04. The molecule has 0 unspecified atom stereocenters. The molecule has 1 saturated heterocycles. The van der Waals surface area contributed by atoms with E-state index in [4.69, 9.17) is 4.74 Å². The van der Waals surface area contributed by atoms with Gasteiger partial charge in [0.1, 0.15) is 5.75 Å². The monoisotopic (exact) mass is 423 g/mol. The molecule has 0 aliphatic carbocycles. The molecule has 2 aromatic carbocycles. The Morgan fingerprint density at radius 2 is 1.94 bits per heavy atom. The van der Waals surface area contributed by atoms with Crippen LogP contribution in [0.3, 0.4) is 0 Å². The molecule has 7 nitrogen and oxygen atoms in total. The third-order valence-corrected chi connectivity index (χ3v) is 5.05. The van der Waals surface area contributed by atoms with Crippen molar-refractivity contribution in [3.8, 4) is 5.75 Å². The summed E-state index contributed by atoms with van der Waals surface area (Å²) < 4.78 is 5.59. The van der Waals surface area contributed by atoms with E-state index >= 15 is 0 Å². The van der Waals surface area contributed by atoms with Gasteiger partial charge in [-0.1, -0.05) is 25.5 Å². The van der Waals surface area contributed by atoms with Crippen LogP contribution in [-0.2, 0) is 16.1 Å². The molecule has 0 aromatic heterocycles. The highest BCUT2D eigenvalue weighted by molar-refractivity contribution is 5.99. The van der Waals surface area contributed by atoms with E-state index < -0.39 is 0 Å².